The van der Waals surface area contributed by atoms with Gasteiger partial charge >= 0.3 is 0 Å². The standard InChI is InChI=1S/C13H18BrN3O3/c1-7(2)12(8(3)18)16-11(19)6-17-9(4)15-5-10(14)13(17)20/h5,7,12H,6H2,1-4H3,(H,16,19). The summed E-state index contributed by atoms with van der Waals surface area (Å²) in [6.45, 7) is 6.62. The first-order chi connectivity index (χ1) is 9.23. The first-order valence-corrected chi connectivity index (χ1v) is 7.05. The third-order valence-corrected chi connectivity index (χ3v) is 3.47. The zero-order valence-corrected chi connectivity index (χ0v) is 13.5. The SMILES string of the molecule is CC(=O)C(NC(=O)Cn1c(C)ncc(Br)c1=O)C(C)C. The molecule has 6 nitrogen and oxygen atoms in total. The van der Waals surface area contributed by atoms with Crippen LogP contribution in [0.3, 0.4) is 0 Å². The van der Waals surface area contributed by atoms with E-state index in [-0.39, 0.29) is 29.7 Å². The molecular formula is C13H18BrN3O3. The molecule has 1 amide bonds. The first kappa shape index (κ1) is 16.6. The lowest BCUT2D eigenvalue weighted by Gasteiger charge is -2.20. The van der Waals surface area contributed by atoms with E-state index >= 15 is 0 Å². The molecule has 7 heteroatoms. The second-order valence-corrected chi connectivity index (χ2v) is 5.80. The van der Waals surface area contributed by atoms with Crippen LogP contribution in [0, 0.1) is 12.8 Å². The Balaban J connectivity index is 2.90. The minimum Gasteiger partial charge on any atom is -0.344 e. The number of aromatic nitrogens is 2. The van der Waals surface area contributed by atoms with Gasteiger partial charge in [-0.2, -0.15) is 0 Å². The minimum absolute atomic E-state index is 0.00472. The van der Waals surface area contributed by atoms with E-state index in [1.54, 1.807) is 6.92 Å². The van der Waals surface area contributed by atoms with Crippen molar-refractivity contribution in [1.29, 1.82) is 0 Å². The Kier molecular flexibility index (Phi) is 5.62. The molecule has 0 aliphatic rings. The molecule has 0 radical (unpaired) electrons. The Labute approximate surface area is 125 Å². The Morgan fingerprint density at radius 3 is 2.55 bits per heavy atom. The molecule has 0 saturated heterocycles. The molecular weight excluding hydrogens is 326 g/mol. The van der Waals surface area contributed by atoms with Crippen molar-refractivity contribution in [2.45, 2.75) is 40.3 Å². The Morgan fingerprint density at radius 2 is 2.05 bits per heavy atom. The summed E-state index contributed by atoms with van der Waals surface area (Å²) < 4.78 is 1.56. The zero-order valence-electron chi connectivity index (χ0n) is 11.9. The van der Waals surface area contributed by atoms with Crippen LogP contribution in [0.1, 0.15) is 26.6 Å². The molecule has 1 rings (SSSR count). The normalized spacial score (nSPS) is 12.3. The van der Waals surface area contributed by atoms with Gasteiger partial charge < -0.3 is 5.32 Å². The van der Waals surface area contributed by atoms with Crippen LogP contribution in [0.2, 0.25) is 0 Å². The van der Waals surface area contributed by atoms with Crippen LogP contribution in [-0.2, 0) is 16.1 Å². The quantitative estimate of drug-likeness (QED) is 0.866. The van der Waals surface area contributed by atoms with E-state index in [2.05, 4.69) is 26.2 Å². The summed E-state index contributed by atoms with van der Waals surface area (Å²) in [5, 5.41) is 2.65. The topological polar surface area (TPSA) is 81.1 Å². The number of nitrogens with one attached hydrogen (secondary N) is 1. The lowest BCUT2D eigenvalue weighted by Crippen LogP contribution is -2.45. The Bertz CT molecular complexity index is 581. The van der Waals surface area contributed by atoms with Crippen LogP contribution >= 0.6 is 15.9 Å². The number of aryl methyl sites for hydroxylation is 1. The summed E-state index contributed by atoms with van der Waals surface area (Å²) in [5.74, 6) is -0.0547. The van der Waals surface area contributed by atoms with Crippen LogP contribution in [-0.4, -0.2) is 27.3 Å². The van der Waals surface area contributed by atoms with E-state index in [1.807, 2.05) is 13.8 Å². The monoisotopic (exact) mass is 343 g/mol. The van der Waals surface area contributed by atoms with Crippen molar-refractivity contribution in [2.75, 3.05) is 0 Å². The van der Waals surface area contributed by atoms with Crippen molar-refractivity contribution >= 4 is 27.6 Å². The fourth-order valence-corrected chi connectivity index (χ4v) is 2.15. The lowest BCUT2D eigenvalue weighted by atomic mass is 10.0. The second-order valence-electron chi connectivity index (χ2n) is 4.94. The van der Waals surface area contributed by atoms with Crippen LogP contribution in [0.4, 0.5) is 0 Å². The molecule has 0 fully saturated rings. The molecule has 1 heterocycles. The molecule has 1 atom stereocenters. The number of halogens is 1. The number of rotatable bonds is 5. The Morgan fingerprint density at radius 1 is 1.45 bits per heavy atom. The maximum absolute atomic E-state index is 12.0. The highest BCUT2D eigenvalue weighted by atomic mass is 79.9. The smallest absolute Gasteiger partial charge is 0.268 e. The number of ketones is 1. The highest BCUT2D eigenvalue weighted by Crippen LogP contribution is 2.04. The molecule has 0 aliphatic heterocycles. The summed E-state index contributed by atoms with van der Waals surface area (Å²) in [6.07, 6.45) is 1.40. The van der Waals surface area contributed by atoms with Crippen molar-refractivity contribution < 1.29 is 9.59 Å². The van der Waals surface area contributed by atoms with E-state index in [9.17, 15) is 14.4 Å². The third-order valence-electron chi connectivity index (χ3n) is 2.93. The average Bonchev–Trinajstić information content (AvgIpc) is 2.35. The van der Waals surface area contributed by atoms with E-state index in [4.69, 9.17) is 0 Å². The number of Topliss-reactive ketones (excluding diaryl/α,β-unsaturated/α-hetero) is 1. The van der Waals surface area contributed by atoms with Gasteiger partial charge in [-0.05, 0) is 35.7 Å². The molecule has 0 aliphatic carbocycles. The molecule has 1 N–H and O–H groups in total. The molecule has 110 valence electrons. The largest absolute Gasteiger partial charge is 0.344 e. The van der Waals surface area contributed by atoms with Gasteiger partial charge in [0.2, 0.25) is 5.91 Å². The number of hydrogen-bond acceptors (Lipinski definition) is 4. The number of hydrogen-bond donors (Lipinski definition) is 1. The molecule has 0 bridgehead atoms. The van der Waals surface area contributed by atoms with Crippen LogP contribution < -0.4 is 10.9 Å². The van der Waals surface area contributed by atoms with Crippen LogP contribution in [0.25, 0.3) is 0 Å². The molecule has 1 unspecified atom stereocenters. The predicted octanol–water partition coefficient (Wildman–Crippen LogP) is 1.04. The molecule has 20 heavy (non-hydrogen) atoms. The van der Waals surface area contributed by atoms with Gasteiger partial charge in [-0.15, -0.1) is 0 Å². The maximum Gasteiger partial charge on any atom is 0.268 e. The fourth-order valence-electron chi connectivity index (χ4n) is 1.84. The van der Waals surface area contributed by atoms with Gasteiger partial charge in [-0.25, -0.2) is 4.98 Å². The molecule has 1 aromatic rings. The highest BCUT2D eigenvalue weighted by molar-refractivity contribution is 9.10. The molecule has 0 aromatic carbocycles. The summed E-state index contributed by atoms with van der Waals surface area (Å²) in [4.78, 5) is 39.4. The summed E-state index contributed by atoms with van der Waals surface area (Å²) in [5.41, 5.74) is -0.323. The Hall–Kier alpha value is -1.50. The molecule has 0 saturated carbocycles. The van der Waals surface area contributed by atoms with E-state index < -0.39 is 6.04 Å². The number of carbonyl (C=O) groups is 2. The van der Waals surface area contributed by atoms with Gasteiger partial charge in [-0.1, -0.05) is 13.8 Å². The van der Waals surface area contributed by atoms with E-state index in [1.165, 1.54) is 17.7 Å². The van der Waals surface area contributed by atoms with Crippen molar-refractivity contribution in [1.82, 2.24) is 14.9 Å². The molecule has 0 spiro atoms. The van der Waals surface area contributed by atoms with Gasteiger partial charge in [0.05, 0.1) is 6.04 Å². The predicted molar refractivity (Wildman–Crippen MR) is 78.4 cm³/mol. The van der Waals surface area contributed by atoms with Crippen molar-refractivity contribution in [3.05, 3.63) is 26.8 Å². The number of carbonyl (C=O) groups excluding carboxylic acids is 2. The third kappa shape index (κ3) is 4.00. The van der Waals surface area contributed by atoms with Crippen molar-refractivity contribution in [3.8, 4) is 0 Å². The maximum atomic E-state index is 12.0. The first-order valence-electron chi connectivity index (χ1n) is 6.25. The lowest BCUT2D eigenvalue weighted by molar-refractivity contribution is -0.128. The van der Waals surface area contributed by atoms with Crippen LogP contribution in [0.5, 0.6) is 0 Å². The van der Waals surface area contributed by atoms with Gasteiger partial charge in [0.15, 0.2) is 5.78 Å². The number of amides is 1. The van der Waals surface area contributed by atoms with Gasteiger partial charge in [-0.3, -0.25) is 19.0 Å². The van der Waals surface area contributed by atoms with Gasteiger partial charge in [0.25, 0.3) is 5.56 Å². The number of nitrogens with zero attached hydrogens (tertiary/aromatic N) is 2. The van der Waals surface area contributed by atoms with E-state index in [0.717, 1.165) is 0 Å². The average molecular weight is 344 g/mol. The van der Waals surface area contributed by atoms with Crippen LogP contribution in [0.15, 0.2) is 15.5 Å². The van der Waals surface area contributed by atoms with Crippen molar-refractivity contribution in [3.63, 3.8) is 0 Å². The molecule has 1 aromatic heterocycles. The van der Waals surface area contributed by atoms with Gasteiger partial charge in [0, 0.05) is 6.20 Å². The summed E-state index contributed by atoms with van der Waals surface area (Å²) in [7, 11) is 0. The fraction of sp³-hybridized carbons (Fsp3) is 0.538. The zero-order chi connectivity index (χ0) is 15.4. The van der Waals surface area contributed by atoms with Crippen molar-refractivity contribution in [2.24, 2.45) is 5.92 Å². The summed E-state index contributed by atoms with van der Waals surface area (Å²) in [6, 6.07) is -0.543. The van der Waals surface area contributed by atoms with Gasteiger partial charge in [0.1, 0.15) is 16.8 Å². The summed E-state index contributed by atoms with van der Waals surface area (Å²) >= 11 is 3.09. The van der Waals surface area contributed by atoms with E-state index in [0.29, 0.717) is 10.3 Å². The highest BCUT2D eigenvalue weighted by Gasteiger charge is 2.21. The second kappa shape index (κ2) is 6.78. The minimum atomic E-state index is -0.543.